The first-order valence-electron chi connectivity index (χ1n) is 6.44. The lowest BCUT2D eigenvalue weighted by Gasteiger charge is -2.33. The van der Waals surface area contributed by atoms with Gasteiger partial charge in [0.15, 0.2) is 0 Å². The van der Waals surface area contributed by atoms with E-state index in [-0.39, 0.29) is 5.91 Å². The average molecular weight is 319 g/mol. The van der Waals surface area contributed by atoms with Crippen molar-refractivity contribution >= 4 is 40.5 Å². The van der Waals surface area contributed by atoms with E-state index in [1.54, 1.807) is 24.3 Å². The molecule has 0 bridgehead atoms. The van der Waals surface area contributed by atoms with Gasteiger partial charge >= 0.3 is 0 Å². The molecule has 2 aromatic rings. The van der Waals surface area contributed by atoms with E-state index in [4.69, 9.17) is 23.2 Å². The van der Waals surface area contributed by atoms with Crippen molar-refractivity contribution in [3.05, 3.63) is 70.0 Å². The van der Waals surface area contributed by atoms with Crippen LogP contribution in [0.4, 0.5) is 11.4 Å². The maximum absolute atomic E-state index is 12.8. The Morgan fingerprint density at radius 3 is 2.38 bits per heavy atom. The second kappa shape index (κ2) is 5.43. The van der Waals surface area contributed by atoms with Crippen LogP contribution in [0.2, 0.25) is 10.0 Å². The molecule has 0 fully saturated rings. The van der Waals surface area contributed by atoms with Gasteiger partial charge in [0.05, 0.1) is 27.0 Å². The van der Waals surface area contributed by atoms with E-state index in [1.165, 1.54) is 4.90 Å². The van der Waals surface area contributed by atoms with Crippen LogP contribution in [0.25, 0.3) is 0 Å². The summed E-state index contributed by atoms with van der Waals surface area (Å²) in [4.78, 5) is 14.3. The smallest absolute Gasteiger partial charge is 0.266 e. The summed E-state index contributed by atoms with van der Waals surface area (Å²) in [6.45, 7) is 1.85. The van der Waals surface area contributed by atoms with Gasteiger partial charge in [-0.05, 0) is 37.3 Å². The molecule has 1 heterocycles. The van der Waals surface area contributed by atoms with Gasteiger partial charge < -0.3 is 5.32 Å². The summed E-state index contributed by atoms with van der Waals surface area (Å²) in [7, 11) is 0. The molecule has 0 aromatic heterocycles. The molecule has 5 heteroatoms. The number of fused-ring (bicyclic) bond motifs is 1. The summed E-state index contributed by atoms with van der Waals surface area (Å²) in [6.07, 6.45) is 1.81. The van der Waals surface area contributed by atoms with Crippen molar-refractivity contribution in [1.29, 1.82) is 0 Å². The minimum Gasteiger partial charge on any atom is -0.341 e. The fraction of sp³-hybridized carbons (Fsp3) is 0.0625. The fourth-order valence-electron chi connectivity index (χ4n) is 2.33. The van der Waals surface area contributed by atoms with Gasteiger partial charge in [-0.25, -0.2) is 0 Å². The molecule has 3 rings (SSSR count). The standard InChI is InChI=1S/C16H12Cl2N2O/c1-2-14-19-13-9-4-3-6-10(13)16(21)20(14)15-11(17)7-5-8-12(15)18/h2-9,19H,1H3. The van der Waals surface area contributed by atoms with Gasteiger partial charge in [0.2, 0.25) is 0 Å². The number of anilines is 2. The topological polar surface area (TPSA) is 32.3 Å². The van der Waals surface area contributed by atoms with Crippen molar-refractivity contribution in [2.24, 2.45) is 0 Å². The highest BCUT2D eigenvalue weighted by molar-refractivity contribution is 6.40. The highest BCUT2D eigenvalue weighted by Gasteiger charge is 2.31. The first kappa shape index (κ1) is 14.0. The summed E-state index contributed by atoms with van der Waals surface area (Å²) >= 11 is 12.5. The monoisotopic (exact) mass is 318 g/mol. The number of hydrogen-bond donors (Lipinski definition) is 1. The van der Waals surface area contributed by atoms with Crippen LogP contribution < -0.4 is 10.2 Å². The third-order valence-electron chi connectivity index (χ3n) is 3.30. The predicted octanol–water partition coefficient (Wildman–Crippen LogP) is 4.93. The Balaban J connectivity index is 2.21. The van der Waals surface area contributed by atoms with Crippen LogP contribution in [0, 0.1) is 0 Å². The third kappa shape index (κ3) is 2.28. The maximum Gasteiger partial charge on any atom is 0.266 e. The number of nitrogens with zero attached hydrogens (tertiary/aromatic N) is 1. The quantitative estimate of drug-likeness (QED) is 0.808. The molecule has 0 saturated heterocycles. The lowest BCUT2D eigenvalue weighted by Crippen LogP contribution is -2.38. The van der Waals surface area contributed by atoms with Gasteiger partial charge in [0.1, 0.15) is 5.82 Å². The summed E-state index contributed by atoms with van der Waals surface area (Å²) in [5.41, 5.74) is 1.84. The molecule has 1 aliphatic heterocycles. The van der Waals surface area contributed by atoms with Crippen molar-refractivity contribution < 1.29 is 4.79 Å². The first-order valence-corrected chi connectivity index (χ1v) is 7.20. The summed E-state index contributed by atoms with van der Waals surface area (Å²) in [5, 5.41) is 4.08. The number of carbonyl (C=O) groups is 1. The lowest BCUT2D eigenvalue weighted by atomic mass is 10.1. The molecule has 0 aliphatic carbocycles. The molecule has 0 saturated carbocycles. The molecule has 106 valence electrons. The Morgan fingerprint density at radius 2 is 1.71 bits per heavy atom. The number of hydrogen-bond acceptors (Lipinski definition) is 2. The van der Waals surface area contributed by atoms with Gasteiger partial charge in [-0.1, -0.05) is 41.4 Å². The van der Waals surface area contributed by atoms with E-state index in [1.807, 2.05) is 31.2 Å². The molecule has 0 atom stereocenters. The van der Waals surface area contributed by atoms with E-state index in [0.717, 1.165) is 5.69 Å². The van der Waals surface area contributed by atoms with Crippen LogP contribution in [0.3, 0.4) is 0 Å². The van der Waals surface area contributed by atoms with E-state index >= 15 is 0 Å². The first-order chi connectivity index (χ1) is 10.1. The molecular formula is C16H12Cl2N2O. The minimum absolute atomic E-state index is 0.160. The Morgan fingerprint density at radius 1 is 1.05 bits per heavy atom. The minimum atomic E-state index is -0.160. The number of para-hydroxylation sites is 2. The van der Waals surface area contributed by atoms with Gasteiger partial charge in [0.25, 0.3) is 5.91 Å². The van der Waals surface area contributed by atoms with Crippen molar-refractivity contribution in [2.45, 2.75) is 6.92 Å². The van der Waals surface area contributed by atoms with Gasteiger partial charge in [-0.3, -0.25) is 9.69 Å². The van der Waals surface area contributed by atoms with Crippen LogP contribution in [0.5, 0.6) is 0 Å². The fourth-order valence-corrected chi connectivity index (χ4v) is 2.89. The zero-order chi connectivity index (χ0) is 15.0. The zero-order valence-corrected chi connectivity index (χ0v) is 12.7. The van der Waals surface area contributed by atoms with E-state index in [0.29, 0.717) is 27.1 Å². The Hall–Kier alpha value is -1.97. The molecule has 1 aliphatic rings. The second-order valence-corrected chi connectivity index (χ2v) is 5.37. The average Bonchev–Trinajstić information content (AvgIpc) is 2.49. The van der Waals surface area contributed by atoms with Crippen molar-refractivity contribution in [3.63, 3.8) is 0 Å². The molecule has 2 aromatic carbocycles. The van der Waals surface area contributed by atoms with Gasteiger partial charge in [-0.2, -0.15) is 0 Å². The number of halogens is 2. The zero-order valence-electron chi connectivity index (χ0n) is 11.2. The van der Waals surface area contributed by atoms with Crippen molar-refractivity contribution in [1.82, 2.24) is 0 Å². The molecule has 3 nitrogen and oxygen atoms in total. The number of amides is 1. The predicted molar refractivity (Wildman–Crippen MR) is 87.1 cm³/mol. The second-order valence-electron chi connectivity index (χ2n) is 4.56. The summed E-state index contributed by atoms with van der Waals surface area (Å²) < 4.78 is 0. The largest absolute Gasteiger partial charge is 0.341 e. The molecule has 21 heavy (non-hydrogen) atoms. The summed E-state index contributed by atoms with van der Waals surface area (Å²) in [5.74, 6) is 0.473. The number of benzene rings is 2. The molecular weight excluding hydrogens is 307 g/mol. The number of nitrogens with one attached hydrogen (secondary N) is 1. The SMILES string of the molecule is CC=C1Nc2ccccc2C(=O)N1c1c(Cl)cccc1Cl. The Kier molecular flexibility index (Phi) is 3.62. The Labute approximate surface area is 132 Å². The van der Waals surface area contributed by atoms with Gasteiger partial charge in [0, 0.05) is 0 Å². The third-order valence-corrected chi connectivity index (χ3v) is 3.91. The van der Waals surface area contributed by atoms with E-state index in [9.17, 15) is 4.79 Å². The van der Waals surface area contributed by atoms with Crippen LogP contribution in [-0.4, -0.2) is 5.91 Å². The van der Waals surface area contributed by atoms with E-state index < -0.39 is 0 Å². The lowest BCUT2D eigenvalue weighted by molar-refractivity contribution is 0.0993. The van der Waals surface area contributed by atoms with Gasteiger partial charge in [-0.15, -0.1) is 0 Å². The molecule has 0 unspecified atom stereocenters. The van der Waals surface area contributed by atoms with Crippen molar-refractivity contribution in [3.8, 4) is 0 Å². The number of carbonyl (C=O) groups excluding carboxylic acids is 1. The highest BCUT2D eigenvalue weighted by Crippen LogP contribution is 2.39. The maximum atomic E-state index is 12.8. The van der Waals surface area contributed by atoms with Crippen LogP contribution in [0.15, 0.2) is 54.4 Å². The van der Waals surface area contributed by atoms with Crippen LogP contribution >= 0.6 is 23.2 Å². The normalized spacial score (nSPS) is 15.9. The van der Waals surface area contributed by atoms with Crippen LogP contribution in [0.1, 0.15) is 17.3 Å². The van der Waals surface area contributed by atoms with Crippen molar-refractivity contribution in [2.75, 3.05) is 10.2 Å². The van der Waals surface area contributed by atoms with Crippen LogP contribution in [-0.2, 0) is 0 Å². The highest BCUT2D eigenvalue weighted by atomic mass is 35.5. The van der Waals surface area contributed by atoms with E-state index in [2.05, 4.69) is 5.32 Å². The Bertz CT molecular complexity index is 735. The molecule has 1 N–H and O–H groups in total. The molecule has 0 spiro atoms. The molecule has 0 radical (unpaired) electrons. The summed E-state index contributed by atoms with van der Waals surface area (Å²) in [6, 6.07) is 12.5. The number of rotatable bonds is 1. The molecule has 1 amide bonds. The number of allylic oxidation sites excluding steroid dienone is 1.